The predicted molar refractivity (Wildman–Crippen MR) is 51.3 cm³/mol. The number of hydrogen-bond acceptors (Lipinski definition) is 3. The van der Waals surface area contributed by atoms with E-state index in [0.29, 0.717) is 5.69 Å². The smallest absolute Gasteiger partial charge is 0.309 e. The van der Waals surface area contributed by atoms with Crippen molar-refractivity contribution in [3.63, 3.8) is 0 Å². The summed E-state index contributed by atoms with van der Waals surface area (Å²) in [6.45, 7) is 1.90. The Morgan fingerprint density at radius 3 is 2.85 bits per heavy atom. The zero-order valence-electron chi connectivity index (χ0n) is 7.83. The first-order valence-corrected chi connectivity index (χ1v) is 4.06. The van der Waals surface area contributed by atoms with Gasteiger partial charge < -0.3 is 10.5 Å². The fourth-order valence-electron chi connectivity index (χ4n) is 1.12. The van der Waals surface area contributed by atoms with Crippen molar-refractivity contribution in [2.45, 2.75) is 13.3 Å². The Morgan fingerprint density at radius 1 is 1.54 bits per heavy atom. The van der Waals surface area contributed by atoms with Gasteiger partial charge in [0.25, 0.3) is 0 Å². The molecule has 0 aromatic heterocycles. The lowest BCUT2D eigenvalue weighted by atomic mass is 10.0. The molecular formula is C10H13NO2. The Morgan fingerprint density at radius 2 is 2.23 bits per heavy atom. The summed E-state index contributed by atoms with van der Waals surface area (Å²) in [6, 6.07) is 5.53. The first-order valence-electron chi connectivity index (χ1n) is 4.06. The van der Waals surface area contributed by atoms with Gasteiger partial charge in [0.05, 0.1) is 13.5 Å². The lowest BCUT2D eigenvalue weighted by molar-refractivity contribution is -0.139. The quantitative estimate of drug-likeness (QED) is 0.549. The van der Waals surface area contributed by atoms with E-state index < -0.39 is 0 Å². The third kappa shape index (κ3) is 2.21. The number of nitrogen functional groups attached to an aromatic ring is 1. The Balaban J connectivity index is 2.89. The maximum Gasteiger partial charge on any atom is 0.309 e. The highest BCUT2D eigenvalue weighted by molar-refractivity contribution is 5.73. The SMILES string of the molecule is COC(=O)Cc1cccc(N)c1C. The van der Waals surface area contributed by atoms with Gasteiger partial charge in [-0.05, 0) is 24.1 Å². The van der Waals surface area contributed by atoms with Gasteiger partial charge in [-0.1, -0.05) is 12.1 Å². The van der Waals surface area contributed by atoms with Gasteiger partial charge in [0.15, 0.2) is 0 Å². The van der Waals surface area contributed by atoms with E-state index >= 15 is 0 Å². The van der Waals surface area contributed by atoms with Crippen LogP contribution in [0.1, 0.15) is 11.1 Å². The molecule has 3 heteroatoms. The Hall–Kier alpha value is -1.51. The summed E-state index contributed by atoms with van der Waals surface area (Å²) in [5.41, 5.74) is 8.27. The van der Waals surface area contributed by atoms with Gasteiger partial charge >= 0.3 is 5.97 Å². The monoisotopic (exact) mass is 179 g/mol. The van der Waals surface area contributed by atoms with Crippen LogP contribution in [-0.4, -0.2) is 13.1 Å². The van der Waals surface area contributed by atoms with Gasteiger partial charge in [-0.3, -0.25) is 4.79 Å². The molecule has 0 amide bonds. The van der Waals surface area contributed by atoms with E-state index in [1.807, 2.05) is 25.1 Å². The molecular weight excluding hydrogens is 166 g/mol. The second-order valence-corrected chi connectivity index (χ2v) is 2.88. The predicted octanol–water partition coefficient (Wildman–Crippen LogP) is 1.29. The number of hydrogen-bond donors (Lipinski definition) is 1. The molecule has 0 atom stereocenters. The Kier molecular flexibility index (Phi) is 2.90. The van der Waals surface area contributed by atoms with Crippen molar-refractivity contribution < 1.29 is 9.53 Å². The Bertz CT molecular complexity index is 321. The molecule has 13 heavy (non-hydrogen) atoms. The number of carbonyl (C=O) groups is 1. The van der Waals surface area contributed by atoms with Gasteiger partial charge in [0.2, 0.25) is 0 Å². The van der Waals surface area contributed by atoms with E-state index in [9.17, 15) is 4.79 Å². The fraction of sp³-hybridized carbons (Fsp3) is 0.300. The number of rotatable bonds is 2. The van der Waals surface area contributed by atoms with Crippen LogP contribution in [0, 0.1) is 6.92 Å². The van der Waals surface area contributed by atoms with Crippen LogP contribution in [0.15, 0.2) is 18.2 Å². The highest BCUT2D eigenvalue weighted by atomic mass is 16.5. The summed E-state index contributed by atoms with van der Waals surface area (Å²) in [4.78, 5) is 11.0. The summed E-state index contributed by atoms with van der Waals surface area (Å²) in [5.74, 6) is -0.242. The molecule has 0 aliphatic heterocycles. The molecule has 2 N–H and O–H groups in total. The number of esters is 1. The lowest BCUT2D eigenvalue weighted by Crippen LogP contribution is -2.06. The van der Waals surface area contributed by atoms with Crippen LogP contribution in [0.5, 0.6) is 0 Å². The third-order valence-electron chi connectivity index (χ3n) is 2.05. The Labute approximate surface area is 77.5 Å². The summed E-state index contributed by atoms with van der Waals surface area (Å²) < 4.78 is 4.57. The number of carbonyl (C=O) groups excluding carboxylic acids is 1. The topological polar surface area (TPSA) is 52.3 Å². The summed E-state index contributed by atoms with van der Waals surface area (Å²) in [6.07, 6.45) is 0.285. The fourth-order valence-corrected chi connectivity index (χ4v) is 1.12. The molecule has 1 aromatic carbocycles. The van der Waals surface area contributed by atoms with Gasteiger partial charge in [-0.25, -0.2) is 0 Å². The summed E-state index contributed by atoms with van der Waals surface area (Å²) in [7, 11) is 1.38. The molecule has 0 saturated carbocycles. The number of methoxy groups -OCH3 is 1. The average molecular weight is 179 g/mol. The molecule has 0 fully saturated rings. The van der Waals surface area contributed by atoms with E-state index in [-0.39, 0.29) is 12.4 Å². The van der Waals surface area contributed by atoms with Gasteiger partial charge in [0.1, 0.15) is 0 Å². The summed E-state index contributed by atoms with van der Waals surface area (Å²) in [5, 5.41) is 0. The van der Waals surface area contributed by atoms with Crippen molar-refractivity contribution >= 4 is 11.7 Å². The van der Waals surface area contributed by atoms with Gasteiger partial charge in [-0.2, -0.15) is 0 Å². The molecule has 70 valence electrons. The molecule has 0 spiro atoms. The lowest BCUT2D eigenvalue weighted by Gasteiger charge is -2.06. The van der Waals surface area contributed by atoms with E-state index in [0.717, 1.165) is 11.1 Å². The molecule has 0 saturated heterocycles. The van der Waals surface area contributed by atoms with E-state index in [4.69, 9.17) is 5.73 Å². The second kappa shape index (κ2) is 3.94. The highest BCUT2D eigenvalue weighted by Crippen LogP contribution is 2.15. The first-order chi connectivity index (χ1) is 6.15. The number of nitrogens with two attached hydrogens (primary N) is 1. The molecule has 1 rings (SSSR count). The molecule has 0 heterocycles. The molecule has 0 radical (unpaired) electrons. The van der Waals surface area contributed by atoms with Crippen LogP contribution in [0.25, 0.3) is 0 Å². The van der Waals surface area contributed by atoms with Crippen molar-refractivity contribution in [1.82, 2.24) is 0 Å². The van der Waals surface area contributed by atoms with Crippen LogP contribution in [-0.2, 0) is 16.0 Å². The van der Waals surface area contributed by atoms with E-state index in [2.05, 4.69) is 4.74 Å². The summed E-state index contributed by atoms with van der Waals surface area (Å²) >= 11 is 0. The number of ether oxygens (including phenoxy) is 1. The normalized spacial score (nSPS) is 9.69. The highest BCUT2D eigenvalue weighted by Gasteiger charge is 2.06. The maximum atomic E-state index is 11.0. The van der Waals surface area contributed by atoms with Crippen molar-refractivity contribution in [3.05, 3.63) is 29.3 Å². The average Bonchev–Trinajstić information content (AvgIpc) is 2.13. The van der Waals surface area contributed by atoms with Crippen molar-refractivity contribution in [1.29, 1.82) is 0 Å². The minimum absolute atomic E-state index is 0.242. The second-order valence-electron chi connectivity index (χ2n) is 2.88. The van der Waals surface area contributed by atoms with Gasteiger partial charge in [-0.15, -0.1) is 0 Å². The van der Waals surface area contributed by atoms with Gasteiger partial charge in [0, 0.05) is 5.69 Å². The van der Waals surface area contributed by atoms with E-state index in [1.54, 1.807) is 0 Å². The minimum atomic E-state index is -0.242. The largest absolute Gasteiger partial charge is 0.469 e. The van der Waals surface area contributed by atoms with Crippen LogP contribution in [0.4, 0.5) is 5.69 Å². The van der Waals surface area contributed by atoms with Crippen molar-refractivity contribution in [2.24, 2.45) is 0 Å². The van der Waals surface area contributed by atoms with Crippen LogP contribution in [0.3, 0.4) is 0 Å². The number of benzene rings is 1. The zero-order chi connectivity index (χ0) is 9.84. The molecule has 1 aromatic rings. The van der Waals surface area contributed by atoms with Crippen molar-refractivity contribution in [3.8, 4) is 0 Å². The first kappa shape index (κ1) is 9.58. The standard InChI is InChI=1S/C10H13NO2/c1-7-8(6-10(12)13-2)4-3-5-9(7)11/h3-5H,6,11H2,1-2H3. The number of anilines is 1. The van der Waals surface area contributed by atoms with Crippen LogP contribution < -0.4 is 5.73 Å². The molecule has 0 unspecified atom stereocenters. The van der Waals surface area contributed by atoms with Crippen molar-refractivity contribution in [2.75, 3.05) is 12.8 Å². The molecule has 3 nitrogen and oxygen atoms in total. The molecule has 0 aliphatic rings. The maximum absolute atomic E-state index is 11.0. The molecule has 0 aliphatic carbocycles. The van der Waals surface area contributed by atoms with E-state index in [1.165, 1.54) is 7.11 Å². The van der Waals surface area contributed by atoms with Crippen LogP contribution >= 0.6 is 0 Å². The zero-order valence-corrected chi connectivity index (χ0v) is 7.83. The third-order valence-corrected chi connectivity index (χ3v) is 2.05. The molecule has 0 bridgehead atoms. The van der Waals surface area contributed by atoms with Crippen LogP contribution in [0.2, 0.25) is 0 Å². The minimum Gasteiger partial charge on any atom is -0.469 e.